The van der Waals surface area contributed by atoms with Gasteiger partial charge in [0.05, 0.1) is 12.1 Å². The third kappa shape index (κ3) is 3.43. The molecule has 0 radical (unpaired) electrons. The topological polar surface area (TPSA) is 88.5 Å². The van der Waals surface area contributed by atoms with Crippen LogP contribution in [-0.2, 0) is 0 Å². The Morgan fingerprint density at radius 2 is 2.09 bits per heavy atom. The average Bonchev–Trinajstić information content (AvgIpc) is 2.97. The van der Waals surface area contributed by atoms with Crippen molar-refractivity contribution in [2.45, 2.75) is 19.8 Å². The average molecular weight is 320 g/mol. The lowest BCUT2D eigenvalue weighted by Crippen LogP contribution is -2.13. The largest absolute Gasteiger partial charge is 0.496 e. The standard InChI is InChI=1S/C15H16N2O4S/c1-8(2)14-17-11(7-22-14)13(18)16-9-4-5-10(15(19)20)12(6-9)21-3/h4-8H,1-3H3,(H,16,18)(H,19,20). The van der Waals surface area contributed by atoms with Gasteiger partial charge < -0.3 is 15.2 Å². The maximum atomic E-state index is 12.1. The van der Waals surface area contributed by atoms with Crippen molar-refractivity contribution in [3.05, 3.63) is 39.8 Å². The lowest BCUT2D eigenvalue weighted by Gasteiger charge is -2.08. The van der Waals surface area contributed by atoms with Crippen LogP contribution in [0.25, 0.3) is 0 Å². The molecular weight excluding hydrogens is 304 g/mol. The van der Waals surface area contributed by atoms with Gasteiger partial charge >= 0.3 is 5.97 Å². The third-order valence-electron chi connectivity index (χ3n) is 2.94. The second-order valence-corrected chi connectivity index (χ2v) is 5.79. The lowest BCUT2D eigenvalue weighted by molar-refractivity contribution is 0.0693. The Morgan fingerprint density at radius 1 is 1.36 bits per heavy atom. The molecule has 0 aliphatic heterocycles. The van der Waals surface area contributed by atoms with Crippen LogP contribution in [0.5, 0.6) is 5.75 Å². The first-order chi connectivity index (χ1) is 10.4. The van der Waals surface area contributed by atoms with Gasteiger partial charge in [-0.15, -0.1) is 11.3 Å². The van der Waals surface area contributed by atoms with Crippen molar-refractivity contribution in [3.8, 4) is 5.75 Å². The van der Waals surface area contributed by atoms with Crippen LogP contribution in [0.3, 0.4) is 0 Å². The van der Waals surface area contributed by atoms with Crippen molar-refractivity contribution in [3.63, 3.8) is 0 Å². The van der Waals surface area contributed by atoms with Gasteiger partial charge in [-0.25, -0.2) is 9.78 Å². The van der Waals surface area contributed by atoms with Crippen LogP contribution >= 0.6 is 11.3 Å². The highest BCUT2D eigenvalue weighted by Gasteiger charge is 2.15. The number of hydrogen-bond acceptors (Lipinski definition) is 5. The Balaban J connectivity index is 2.19. The molecule has 1 heterocycles. The summed E-state index contributed by atoms with van der Waals surface area (Å²) in [5, 5.41) is 14.3. The van der Waals surface area contributed by atoms with Crippen molar-refractivity contribution >= 4 is 28.9 Å². The van der Waals surface area contributed by atoms with E-state index in [2.05, 4.69) is 10.3 Å². The van der Waals surface area contributed by atoms with Gasteiger partial charge in [-0.05, 0) is 12.1 Å². The summed E-state index contributed by atoms with van der Waals surface area (Å²) in [4.78, 5) is 27.4. The highest BCUT2D eigenvalue weighted by molar-refractivity contribution is 7.09. The number of aromatic carboxylic acids is 1. The number of ether oxygens (including phenoxy) is 1. The smallest absolute Gasteiger partial charge is 0.339 e. The number of carboxylic acids is 1. The molecule has 6 nitrogen and oxygen atoms in total. The number of hydrogen-bond donors (Lipinski definition) is 2. The summed E-state index contributed by atoms with van der Waals surface area (Å²) in [5.74, 6) is -0.975. The van der Waals surface area contributed by atoms with Gasteiger partial charge in [-0.3, -0.25) is 4.79 Å². The fourth-order valence-electron chi connectivity index (χ4n) is 1.80. The van der Waals surface area contributed by atoms with Gasteiger partial charge in [0, 0.05) is 23.1 Å². The van der Waals surface area contributed by atoms with Gasteiger partial charge in [0.1, 0.15) is 17.0 Å². The molecule has 0 atom stereocenters. The Morgan fingerprint density at radius 3 is 2.64 bits per heavy atom. The third-order valence-corrected chi connectivity index (χ3v) is 4.08. The number of methoxy groups -OCH3 is 1. The molecule has 0 saturated heterocycles. The molecule has 2 N–H and O–H groups in total. The van der Waals surface area contributed by atoms with Gasteiger partial charge in [0.2, 0.25) is 0 Å². The van der Waals surface area contributed by atoms with Crippen molar-refractivity contribution < 1.29 is 19.4 Å². The van der Waals surface area contributed by atoms with Crippen LogP contribution in [0.1, 0.15) is 45.6 Å². The van der Waals surface area contributed by atoms with E-state index in [9.17, 15) is 9.59 Å². The number of amides is 1. The van der Waals surface area contributed by atoms with E-state index in [1.165, 1.54) is 36.6 Å². The molecule has 2 rings (SSSR count). The lowest BCUT2D eigenvalue weighted by atomic mass is 10.2. The van der Waals surface area contributed by atoms with E-state index in [0.717, 1.165) is 5.01 Å². The van der Waals surface area contributed by atoms with Gasteiger partial charge in [-0.1, -0.05) is 13.8 Å². The van der Waals surface area contributed by atoms with Crippen molar-refractivity contribution in [1.82, 2.24) is 4.98 Å². The molecule has 116 valence electrons. The molecule has 0 bridgehead atoms. The van der Waals surface area contributed by atoms with Crippen LogP contribution in [-0.4, -0.2) is 29.1 Å². The summed E-state index contributed by atoms with van der Waals surface area (Å²) in [7, 11) is 1.38. The van der Waals surface area contributed by atoms with Gasteiger partial charge in [0.15, 0.2) is 0 Å². The Bertz CT molecular complexity index is 709. The van der Waals surface area contributed by atoms with E-state index in [1.807, 2.05) is 13.8 Å². The van der Waals surface area contributed by atoms with Crippen LogP contribution in [0.2, 0.25) is 0 Å². The summed E-state index contributed by atoms with van der Waals surface area (Å²) in [6, 6.07) is 4.37. The zero-order chi connectivity index (χ0) is 16.3. The summed E-state index contributed by atoms with van der Waals surface area (Å²) >= 11 is 1.44. The molecule has 0 saturated carbocycles. The zero-order valence-corrected chi connectivity index (χ0v) is 13.2. The minimum Gasteiger partial charge on any atom is -0.496 e. The number of carbonyl (C=O) groups is 2. The molecule has 1 aromatic carbocycles. The van der Waals surface area contributed by atoms with Crippen LogP contribution < -0.4 is 10.1 Å². The molecule has 22 heavy (non-hydrogen) atoms. The molecule has 1 amide bonds. The first-order valence-electron chi connectivity index (χ1n) is 6.60. The fraction of sp³-hybridized carbons (Fsp3) is 0.267. The summed E-state index contributed by atoms with van der Waals surface area (Å²) in [6.45, 7) is 4.02. The molecule has 1 aromatic heterocycles. The van der Waals surface area contributed by atoms with Crippen molar-refractivity contribution in [1.29, 1.82) is 0 Å². The molecular formula is C15H16N2O4S. The van der Waals surface area contributed by atoms with Crippen molar-refractivity contribution in [2.24, 2.45) is 0 Å². The number of thiazole rings is 1. The highest BCUT2D eigenvalue weighted by atomic mass is 32.1. The number of aromatic nitrogens is 1. The normalized spacial score (nSPS) is 10.5. The van der Waals surface area contributed by atoms with E-state index in [1.54, 1.807) is 5.38 Å². The number of rotatable bonds is 5. The van der Waals surface area contributed by atoms with E-state index >= 15 is 0 Å². The Kier molecular flexibility index (Phi) is 4.77. The Labute approximate surface area is 131 Å². The van der Waals surface area contributed by atoms with Crippen LogP contribution in [0.15, 0.2) is 23.6 Å². The maximum absolute atomic E-state index is 12.1. The highest BCUT2D eigenvalue weighted by Crippen LogP contribution is 2.24. The first kappa shape index (κ1) is 16.0. The molecule has 0 aliphatic rings. The minimum atomic E-state index is -1.09. The second-order valence-electron chi connectivity index (χ2n) is 4.90. The van der Waals surface area contributed by atoms with E-state index in [-0.39, 0.29) is 23.1 Å². The first-order valence-corrected chi connectivity index (χ1v) is 7.48. The van der Waals surface area contributed by atoms with E-state index in [0.29, 0.717) is 11.4 Å². The zero-order valence-electron chi connectivity index (χ0n) is 12.4. The van der Waals surface area contributed by atoms with Crippen LogP contribution in [0, 0.1) is 0 Å². The fourth-order valence-corrected chi connectivity index (χ4v) is 2.61. The number of benzene rings is 1. The van der Waals surface area contributed by atoms with Crippen molar-refractivity contribution in [2.75, 3.05) is 12.4 Å². The van der Waals surface area contributed by atoms with Gasteiger partial charge in [-0.2, -0.15) is 0 Å². The minimum absolute atomic E-state index is 0.0382. The van der Waals surface area contributed by atoms with Crippen LogP contribution in [0.4, 0.5) is 5.69 Å². The molecule has 2 aromatic rings. The summed E-state index contributed by atoms with van der Waals surface area (Å²) in [6.07, 6.45) is 0. The SMILES string of the molecule is COc1cc(NC(=O)c2csc(C(C)C)n2)ccc1C(=O)O. The number of nitrogens with zero attached hydrogens (tertiary/aromatic N) is 1. The number of carbonyl (C=O) groups excluding carboxylic acids is 1. The van der Waals surface area contributed by atoms with Gasteiger partial charge in [0.25, 0.3) is 5.91 Å². The molecule has 0 aliphatic carbocycles. The molecule has 7 heteroatoms. The summed E-state index contributed by atoms with van der Waals surface area (Å²) in [5.41, 5.74) is 0.831. The monoisotopic (exact) mass is 320 g/mol. The Hall–Kier alpha value is -2.41. The quantitative estimate of drug-likeness (QED) is 0.883. The second kappa shape index (κ2) is 6.57. The maximum Gasteiger partial charge on any atom is 0.339 e. The molecule has 0 spiro atoms. The van der Waals surface area contributed by atoms with E-state index in [4.69, 9.17) is 9.84 Å². The number of carboxylic acid groups (broad SMARTS) is 1. The summed E-state index contributed by atoms with van der Waals surface area (Å²) < 4.78 is 5.02. The molecule has 0 fully saturated rings. The predicted molar refractivity (Wildman–Crippen MR) is 84.1 cm³/mol. The predicted octanol–water partition coefficient (Wildman–Crippen LogP) is 3.23. The molecule has 0 unspecified atom stereocenters. The number of anilines is 1. The number of nitrogens with one attached hydrogen (secondary N) is 1. The van der Waals surface area contributed by atoms with E-state index < -0.39 is 5.97 Å².